The number of hydrogen-bond donors (Lipinski definition) is 7. The lowest BCUT2D eigenvalue weighted by Gasteiger charge is -2.22. The molecule has 166 valence electrons. The Balaban J connectivity index is 2.06. The van der Waals surface area contributed by atoms with Gasteiger partial charge in [-0.05, 0) is 11.8 Å². The van der Waals surface area contributed by atoms with Gasteiger partial charge in [0.25, 0.3) is 11.3 Å². The summed E-state index contributed by atoms with van der Waals surface area (Å²) in [6.45, 7) is -0.608. The van der Waals surface area contributed by atoms with Gasteiger partial charge in [-0.1, -0.05) is 12.2 Å². The fourth-order valence-corrected chi connectivity index (χ4v) is 9.03. The fourth-order valence-electron chi connectivity index (χ4n) is 2.34. The van der Waals surface area contributed by atoms with Gasteiger partial charge in [-0.2, -0.15) is 0 Å². The Morgan fingerprint density at radius 2 is 1.86 bits per heavy atom. The maximum Gasteiger partial charge on any atom is 0.346 e. The van der Waals surface area contributed by atoms with Crippen molar-refractivity contribution >= 4 is 44.9 Å². The van der Waals surface area contributed by atoms with E-state index >= 15 is 0 Å². The molecular formula is C10H17N2O12P3S2. The monoisotopic (exact) mass is 514 g/mol. The van der Waals surface area contributed by atoms with Crippen molar-refractivity contribution in [3.63, 3.8) is 0 Å². The van der Waals surface area contributed by atoms with Gasteiger partial charge >= 0.3 is 20.9 Å². The number of aromatic amines is 1. The van der Waals surface area contributed by atoms with Crippen molar-refractivity contribution in [3.05, 3.63) is 33.1 Å². The van der Waals surface area contributed by atoms with Crippen LogP contribution < -0.4 is 11.2 Å². The SMILES string of the molecule is O=c1ccn(C2OC(COP(=S)(S)OP(=O)(O)CP(=O)(O)O)C(O)C2O)c(=O)[nH]1. The average molecular weight is 514 g/mol. The van der Waals surface area contributed by atoms with Crippen molar-refractivity contribution in [2.75, 3.05) is 12.5 Å². The van der Waals surface area contributed by atoms with Crippen molar-refractivity contribution < 1.29 is 47.6 Å². The zero-order valence-electron chi connectivity index (χ0n) is 14.1. The molecule has 1 aliphatic rings. The lowest BCUT2D eigenvalue weighted by Crippen LogP contribution is -2.37. The van der Waals surface area contributed by atoms with E-state index in [4.69, 9.17) is 30.9 Å². The molecule has 19 heteroatoms. The molecule has 0 aromatic carbocycles. The van der Waals surface area contributed by atoms with Gasteiger partial charge in [0.05, 0.1) is 6.61 Å². The summed E-state index contributed by atoms with van der Waals surface area (Å²) in [5, 5.41) is 20.2. The van der Waals surface area contributed by atoms with E-state index in [1.54, 1.807) is 0 Å². The van der Waals surface area contributed by atoms with Gasteiger partial charge in [-0.3, -0.25) is 23.5 Å². The highest BCUT2D eigenvalue weighted by molar-refractivity contribution is 8.60. The van der Waals surface area contributed by atoms with Crippen molar-refractivity contribution in [3.8, 4) is 0 Å². The molecule has 0 saturated carbocycles. The van der Waals surface area contributed by atoms with Crippen LogP contribution in [-0.2, 0) is 34.5 Å². The van der Waals surface area contributed by atoms with E-state index in [1.165, 1.54) is 0 Å². The molecule has 14 nitrogen and oxygen atoms in total. The minimum absolute atomic E-state index is 0.608. The van der Waals surface area contributed by atoms with Crippen LogP contribution in [-0.4, -0.2) is 65.3 Å². The Hall–Kier alpha value is -0.180. The van der Waals surface area contributed by atoms with Gasteiger partial charge in [-0.15, -0.1) is 0 Å². The summed E-state index contributed by atoms with van der Waals surface area (Å²) in [6, 6.07) is 0.995. The van der Waals surface area contributed by atoms with Gasteiger partial charge in [-0.25, -0.2) is 9.11 Å². The minimum atomic E-state index is -4.89. The van der Waals surface area contributed by atoms with E-state index in [2.05, 4.69) is 16.6 Å². The number of aliphatic hydroxyl groups is 2. The predicted octanol–water partition coefficient (Wildman–Crippen LogP) is -1.34. The minimum Gasteiger partial charge on any atom is -0.387 e. The van der Waals surface area contributed by atoms with Crippen LogP contribution in [0.4, 0.5) is 0 Å². The Labute approximate surface area is 172 Å². The number of rotatable bonds is 8. The molecule has 29 heavy (non-hydrogen) atoms. The summed E-state index contributed by atoms with van der Waals surface area (Å²) in [6.07, 6.45) is -4.82. The Bertz CT molecular complexity index is 1010. The molecule has 1 fully saturated rings. The standard InChI is InChI=1S/C10H17N2O12P3S2/c13-6-1-2-12(10(16)11-6)9-8(15)7(14)5(23-9)3-22-27(28,29)24-26(20,21)4-25(17,18)19/h1-2,5,7-9,14-15H,3-4H2,(H,20,21)(H,28,29)(H,11,13,16)(H2,17,18,19). The maximum absolute atomic E-state index is 11.8. The number of H-pyrrole nitrogens is 1. The molecule has 0 radical (unpaired) electrons. The third-order valence-corrected chi connectivity index (χ3v) is 10.6. The molecule has 6 atom stereocenters. The summed E-state index contributed by atoms with van der Waals surface area (Å²) < 4.78 is 38.4. The van der Waals surface area contributed by atoms with Gasteiger partial charge in [0.1, 0.15) is 18.3 Å². The number of aromatic nitrogens is 2. The van der Waals surface area contributed by atoms with Gasteiger partial charge in [0.15, 0.2) is 12.1 Å². The molecule has 0 amide bonds. The van der Waals surface area contributed by atoms with Gasteiger partial charge < -0.3 is 34.2 Å². The third-order valence-electron chi connectivity index (χ3n) is 3.46. The Morgan fingerprint density at radius 1 is 1.24 bits per heavy atom. The molecule has 0 aliphatic carbocycles. The number of ether oxygens (including phenoxy) is 1. The van der Waals surface area contributed by atoms with E-state index < -0.39 is 69.2 Å². The zero-order chi connectivity index (χ0) is 22.2. The molecule has 2 heterocycles. The van der Waals surface area contributed by atoms with Gasteiger partial charge in [0.2, 0.25) is 0 Å². The first kappa shape index (κ1) is 25.1. The molecular weight excluding hydrogens is 497 g/mol. The molecule has 2 rings (SSSR count). The van der Waals surface area contributed by atoms with Crippen molar-refractivity contribution in [2.24, 2.45) is 0 Å². The second-order valence-electron chi connectivity index (χ2n) is 5.85. The van der Waals surface area contributed by atoms with E-state index in [9.17, 15) is 33.8 Å². The Kier molecular flexibility index (Phi) is 7.90. The highest BCUT2D eigenvalue weighted by Gasteiger charge is 2.45. The molecule has 1 aliphatic heterocycles. The van der Waals surface area contributed by atoms with E-state index in [0.29, 0.717) is 0 Å². The molecule has 1 aromatic heterocycles. The lowest BCUT2D eigenvalue weighted by atomic mass is 10.1. The Morgan fingerprint density at radius 3 is 2.41 bits per heavy atom. The van der Waals surface area contributed by atoms with Crippen molar-refractivity contribution in [2.45, 2.75) is 24.5 Å². The van der Waals surface area contributed by atoms with E-state index in [-0.39, 0.29) is 0 Å². The summed E-state index contributed by atoms with van der Waals surface area (Å²) in [7, 11) is -9.74. The molecule has 6 unspecified atom stereocenters. The highest BCUT2D eigenvalue weighted by Crippen LogP contribution is 2.68. The zero-order valence-corrected chi connectivity index (χ0v) is 18.5. The number of nitrogens with one attached hydrogen (secondary N) is 1. The molecule has 1 aromatic rings. The summed E-state index contributed by atoms with van der Waals surface area (Å²) in [4.78, 5) is 51.9. The predicted molar refractivity (Wildman–Crippen MR) is 104 cm³/mol. The normalized spacial score (nSPS) is 29.3. The first-order valence-electron chi connectivity index (χ1n) is 7.48. The average Bonchev–Trinajstić information content (AvgIpc) is 2.78. The molecule has 0 bridgehead atoms. The largest absolute Gasteiger partial charge is 0.387 e. The van der Waals surface area contributed by atoms with E-state index in [1.807, 2.05) is 4.98 Å². The van der Waals surface area contributed by atoms with Crippen LogP contribution in [0.15, 0.2) is 21.9 Å². The third kappa shape index (κ3) is 7.18. The number of hydrogen-bond acceptors (Lipinski definition) is 10. The first-order chi connectivity index (χ1) is 13.1. The van der Waals surface area contributed by atoms with Crippen LogP contribution in [0.5, 0.6) is 0 Å². The topological polar surface area (TPSA) is 218 Å². The molecule has 6 N–H and O–H groups in total. The van der Waals surface area contributed by atoms with Crippen LogP contribution in [0, 0.1) is 0 Å². The number of thiol groups is 1. The second kappa shape index (κ2) is 9.13. The van der Waals surface area contributed by atoms with Crippen LogP contribution >= 0.6 is 33.1 Å². The maximum atomic E-state index is 11.8. The van der Waals surface area contributed by atoms with Crippen LogP contribution in [0.1, 0.15) is 6.23 Å². The number of nitrogens with zero attached hydrogens (tertiary/aromatic N) is 1. The van der Waals surface area contributed by atoms with Crippen LogP contribution in [0.2, 0.25) is 0 Å². The smallest absolute Gasteiger partial charge is 0.346 e. The van der Waals surface area contributed by atoms with Crippen molar-refractivity contribution in [1.29, 1.82) is 0 Å². The van der Waals surface area contributed by atoms with E-state index in [0.717, 1.165) is 16.8 Å². The lowest BCUT2D eigenvalue weighted by molar-refractivity contribution is -0.0510. The summed E-state index contributed by atoms with van der Waals surface area (Å²) >= 11 is 8.57. The van der Waals surface area contributed by atoms with Crippen LogP contribution in [0.3, 0.4) is 0 Å². The molecule has 0 spiro atoms. The van der Waals surface area contributed by atoms with Crippen LogP contribution in [0.25, 0.3) is 0 Å². The fraction of sp³-hybridized carbons (Fsp3) is 0.600. The van der Waals surface area contributed by atoms with Gasteiger partial charge in [0, 0.05) is 12.3 Å². The molecule has 1 saturated heterocycles. The summed E-state index contributed by atoms with van der Waals surface area (Å²) in [5.41, 5.74) is -5.41. The quantitative estimate of drug-likeness (QED) is 0.158. The summed E-state index contributed by atoms with van der Waals surface area (Å²) in [5.74, 6) is -1.50. The highest BCUT2D eigenvalue weighted by atomic mass is 32.9. The number of aliphatic hydroxyl groups excluding tert-OH is 2. The van der Waals surface area contributed by atoms with Crippen molar-refractivity contribution in [1.82, 2.24) is 9.55 Å². The first-order valence-corrected chi connectivity index (χ1v) is 14.8. The second-order valence-corrected chi connectivity index (χ2v) is 15.3.